The molecule has 1 atom stereocenters. The van der Waals surface area contributed by atoms with Gasteiger partial charge >= 0.3 is 0 Å². The third-order valence-corrected chi connectivity index (χ3v) is 4.60. The summed E-state index contributed by atoms with van der Waals surface area (Å²) in [4.78, 5) is 27.2. The Morgan fingerprint density at radius 2 is 1.81 bits per heavy atom. The fourth-order valence-corrected chi connectivity index (χ4v) is 3.38. The molecular formula is C21H23NO4. The summed E-state index contributed by atoms with van der Waals surface area (Å²) in [6, 6.07) is 13.7. The number of Topliss-reactive ketones (excluding diaryl/α,β-unsaturated/α-hetero) is 1. The molecule has 136 valence electrons. The molecule has 0 saturated carbocycles. The third kappa shape index (κ3) is 2.99. The number of amides is 1. The second-order valence-corrected chi connectivity index (χ2v) is 6.70. The zero-order valence-electron chi connectivity index (χ0n) is 15.2. The maximum absolute atomic E-state index is 12.9. The predicted octanol–water partition coefficient (Wildman–Crippen LogP) is 3.30. The number of ether oxygens (including phenoxy) is 1. The van der Waals surface area contributed by atoms with Gasteiger partial charge in [-0.1, -0.05) is 18.2 Å². The Kier molecular flexibility index (Phi) is 4.83. The van der Waals surface area contributed by atoms with Crippen molar-refractivity contribution in [1.29, 1.82) is 0 Å². The average molecular weight is 353 g/mol. The van der Waals surface area contributed by atoms with Gasteiger partial charge in [-0.3, -0.25) is 9.59 Å². The second kappa shape index (κ2) is 6.92. The lowest BCUT2D eigenvalue weighted by molar-refractivity contribution is -0.136. The molecule has 3 rings (SSSR count). The molecule has 2 aromatic rings. The minimum absolute atomic E-state index is 0.113. The van der Waals surface area contributed by atoms with Crippen molar-refractivity contribution in [3.8, 4) is 5.75 Å². The van der Waals surface area contributed by atoms with Crippen LogP contribution in [0.5, 0.6) is 5.75 Å². The van der Waals surface area contributed by atoms with Crippen LogP contribution < -0.4 is 9.64 Å². The monoisotopic (exact) mass is 353 g/mol. The van der Waals surface area contributed by atoms with Crippen LogP contribution in [-0.4, -0.2) is 29.4 Å². The lowest BCUT2D eigenvalue weighted by atomic mass is 9.88. The minimum Gasteiger partial charge on any atom is -0.494 e. The second-order valence-electron chi connectivity index (χ2n) is 6.70. The first-order chi connectivity index (χ1) is 12.4. The molecule has 1 heterocycles. The van der Waals surface area contributed by atoms with E-state index in [2.05, 4.69) is 0 Å². The molecule has 0 radical (unpaired) electrons. The SMILES string of the molecule is CCOc1ccc(C(=O)C[C@@]2(O)C(=O)N(C(C)C)c3ccccc32)cc1. The molecular weight excluding hydrogens is 330 g/mol. The van der Waals surface area contributed by atoms with Gasteiger partial charge in [0.1, 0.15) is 5.75 Å². The number of hydrogen-bond donors (Lipinski definition) is 1. The zero-order chi connectivity index (χ0) is 18.9. The molecule has 1 N–H and O–H groups in total. The van der Waals surface area contributed by atoms with Crippen LogP contribution >= 0.6 is 0 Å². The molecule has 0 saturated heterocycles. The van der Waals surface area contributed by atoms with Crippen LogP contribution in [0, 0.1) is 0 Å². The first kappa shape index (κ1) is 18.1. The van der Waals surface area contributed by atoms with Crippen molar-refractivity contribution in [3.05, 3.63) is 59.7 Å². The van der Waals surface area contributed by atoms with Gasteiger partial charge in [-0.05, 0) is 51.1 Å². The van der Waals surface area contributed by atoms with Crippen LogP contribution in [0.15, 0.2) is 48.5 Å². The van der Waals surface area contributed by atoms with E-state index in [1.165, 1.54) is 0 Å². The van der Waals surface area contributed by atoms with Crippen LogP contribution in [0.25, 0.3) is 0 Å². The van der Waals surface area contributed by atoms with Gasteiger partial charge in [0.25, 0.3) is 5.91 Å². The van der Waals surface area contributed by atoms with E-state index in [1.54, 1.807) is 47.4 Å². The van der Waals surface area contributed by atoms with Gasteiger partial charge in [-0.15, -0.1) is 0 Å². The highest BCUT2D eigenvalue weighted by molar-refractivity contribution is 6.11. The van der Waals surface area contributed by atoms with Gasteiger partial charge in [-0.2, -0.15) is 0 Å². The van der Waals surface area contributed by atoms with E-state index in [4.69, 9.17) is 4.74 Å². The topological polar surface area (TPSA) is 66.8 Å². The first-order valence-corrected chi connectivity index (χ1v) is 8.80. The highest BCUT2D eigenvalue weighted by Crippen LogP contribution is 2.43. The summed E-state index contributed by atoms with van der Waals surface area (Å²) in [5.74, 6) is -0.0617. The van der Waals surface area contributed by atoms with E-state index < -0.39 is 11.5 Å². The summed E-state index contributed by atoms with van der Waals surface area (Å²) in [6.45, 7) is 6.20. The quantitative estimate of drug-likeness (QED) is 0.809. The Hall–Kier alpha value is -2.66. The van der Waals surface area contributed by atoms with Gasteiger partial charge in [0.15, 0.2) is 11.4 Å². The van der Waals surface area contributed by atoms with Gasteiger partial charge in [0, 0.05) is 17.2 Å². The number of carbonyl (C=O) groups is 2. The predicted molar refractivity (Wildman–Crippen MR) is 99.5 cm³/mol. The maximum Gasteiger partial charge on any atom is 0.264 e. The number of aliphatic hydroxyl groups is 1. The van der Waals surface area contributed by atoms with Crippen molar-refractivity contribution in [2.75, 3.05) is 11.5 Å². The van der Waals surface area contributed by atoms with Gasteiger partial charge < -0.3 is 14.7 Å². The van der Waals surface area contributed by atoms with Crippen LogP contribution in [0.4, 0.5) is 5.69 Å². The van der Waals surface area contributed by atoms with E-state index in [9.17, 15) is 14.7 Å². The fraction of sp³-hybridized carbons (Fsp3) is 0.333. The highest BCUT2D eigenvalue weighted by atomic mass is 16.5. The molecule has 0 spiro atoms. The molecule has 1 amide bonds. The summed E-state index contributed by atoms with van der Waals surface area (Å²) in [5, 5.41) is 11.2. The number of fused-ring (bicyclic) bond motifs is 1. The number of ketones is 1. The Balaban J connectivity index is 1.90. The molecule has 0 bridgehead atoms. The Labute approximate surface area is 153 Å². The number of carbonyl (C=O) groups excluding carboxylic acids is 2. The van der Waals surface area contributed by atoms with Crippen molar-refractivity contribution >= 4 is 17.4 Å². The summed E-state index contributed by atoms with van der Waals surface area (Å²) < 4.78 is 5.38. The fourth-order valence-electron chi connectivity index (χ4n) is 3.38. The molecule has 5 heteroatoms. The summed E-state index contributed by atoms with van der Waals surface area (Å²) >= 11 is 0. The largest absolute Gasteiger partial charge is 0.494 e. The number of rotatable bonds is 6. The normalized spacial score (nSPS) is 19.0. The van der Waals surface area contributed by atoms with Crippen molar-refractivity contribution in [2.45, 2.75) is 38.8 Å². The zero-order valence-corrected chi connectivity index (χ0v) is 15.2. The van der Waals surface area contributed by atoms with Gasteiger partial charge in [0.2, 0.25) is 0 Å². The van der Waals surface area contributed by atoms with E-state index in [0.717, 1.165) is 0 Å². The number of nitrogens with zero attached hydrogens (tertiary/aromatic N) is 1. The van der Waals surface area contributed by atoms with Crippen molar-refractivity contribution in [3.63, 3.8) is 0 Å². The lowest BCUT2D eigenvalue weighted by Crippen LogP contribution is -2.44. The van der Waals surface area contributed by atoms with E-state index in [0.29, 0.717) is 29.2 Å². The molecule has 2 aromatic carbocycles. The van der Waals surface area contributed by atoms with Crippen LogP contribution in [-0.2, 0) is 10.4 Å². The molecule has 0 aliphatic carbocycles. The molecule has 1 aliphatic heterocycles. The van der Waals surface area contributed by atoms with E-state index >= 15 is 0 Å². The summed E-state index contributed by atoms with van der Waals surface area (Å²) in [6.07, 6.45) is -0.292. The molecule has 26 heavy (non-hydrogen) atoms. The number of hydrogen-bond acceptors (Lipinski definition) is 4. The van der Waals surface area contributed by atoms with Crippen LogP contribution in [0.2, 0.25) is 0 Å². The van der Waals surface area contributed by atoms with Crippen molar-refractivity contribution < 1.29 is 19.4 Å². The molecule has 0 fully saturated rings. The van der Waals surface area contributed by atoms with Crippen molar-refractivity contribution in [2.24, 2.45) is 0 Å². The smallest absolute Gasteiger partial charge is 0.264 e. The van der Waals surface area contributed by atoms with Gasteiger partial charge in [0.05, 0.1) is 18.7 Å². The molecule has 1 aliphatic rings. The Morgan fingerprint density at radius 1 is 1.15 bits per heavy atom. The van der Waals surface area contributed by atoms with Gasteiger partial charge in [-0.25, -0.2) is 0 Å². The molecule has 5 nitrogen and oxygen atoms in total. The maximum atomic E-state index is 12.9. The number of anilines is 1. The third-order valence-electron chi connectivity index (χ3n) is 4.60. The highest BCUT2D eigenvalue weighted by Gasteiger charge is 2.51. The summed E-state index contributed by atoms with van der Waals surface area (Å²) in [5.41, 5.74) is -0.251. The lowest BCUT2D eigenvalue weighted by Gasteiger charge is -2.25. The van der Waals surface area contributed by atoms with Crippen LogP contribution in [0.1, 0.15) is 43.1 Å². The van der Waals surface area contributed by atoms with E-state index in [-0.39, 0.29) is 18.2 Å². The molecule has 0 aromatic heterocycles. The minimum atomic E-state index is -1.84. The average Bonchev–Trinajstić information content (AvgIpc) is 2.84. The Bertz CT molecular complexity index is 828. The summed E-state index contributed by atoms with van der Waals surface area (Å²) in [7, 11) is 0. The first-order valence-electron chi connectivity index (χ1n) is 8.80. The van der Waals surface area contributed by atoms with Crippen LogP contribution in [0.3, 0.4) is 0 Å². The van der Waals surface area contributed by atoms with E-state index in [1.807, 2.05) is 26.8 Å². The van der Waals surface area contributed by atoms with Crippen molar-refractivity contribution in [1.82, 2.24) is 0 Å². The Morgan fingerprint density at radius 3 is 2.42 bits per heavy atom. The molecule has 0 unspecified atom stereocenters. The number of para-hydroxylation sites is 1. The standard InChI is InChI=1S/C21H23NO4/c1-4-26-16-11-9-15(10-12-16)19(23)13-21(25)17-7-5-6-8-18(17)22(14(2)3)20(21)24/h5-12,14,25H,4,13H2,1-3H3/t21-/m0/s1. The number of benzene rings is 2.